The summed E-state index contributed by atoms with van der Waals surface area (Å²) in [5.41, 5.74) is -4.77. The summed E-state index contributed by atoms with van der Waals surface area (Å²) < 4.78 is 60.3. The molecule has 6 nitrogen and oxygen atoms in total. The highest BCUT2D eigenvalue weighted by Crippen LogP contribution is 2.40. The molecule has 0 fully saturated rings. The molecule has 0 N–H and O–H groups in total. The van der Waals surface area contributed by atoms with Gasteiger partial charge in [-0.25, -0.2) is 13.8 Å². The third-order valence-electron chi connectivity index (χ3n) is 4.80. The summed E-state index contributed by atoms with van der Waals surface area (Å²) in [5.74, 6) is -0.956. The summed E-state index contributed by atoms with van der Waals surface area (Å²) in [6.45, 7) is 2.94. The highest BCUT2D eigenvalue weighted by molar-refractivity contribution is 7.99. The van der Waals surface area contributed by atoms with E-state index in [0.29, 0.717) is 15.2 Å². The summed E-state index contributed by atoms with van der Waals surface area (Å²) in [6.07, 6.45) is -5.69. The minimum atomic E-state index is -4.95. The number of ether oxygens (including phenoxy) is 1. The molecule has 180 valence electrons. The van der Waals surface area contributed by atoms with Crippen LogP contribution in [0.4, 0.5) is 17.6 Å². The van der Waals surface area contributed by atoms with E-state index in [-0.39, 0.29) is 26.3 Å². The lowest BCUT2D eigenvalue weighted by Gasteiger charge is -2.17. The molecule has 12 heteroatoms. The maximum atomic E-state index is 14.7. The number of carbonyl (C=O) groups excluding carboxylic acids is 1. The quantitative estimate of drug-likeness (QED) is 0.438. The van der Waals surface area contributed by atoms with Gasteiger partial charge in [0.1, 0.15) is 17.3 Å². The van der Waals surface area contributed by atoms with Gasteiger partial charge in [0.05, 0.1) is 15.6 Å². The second kappa shape index (κ2) is 9.67. The molecule has 0 aliphatic carbocycles. The van der Waals surface area contributed by atoms with Crippen LogP contribution < -0.4 is 16.0 Å². The van der Waals surface area contributed by atoms with Gasteiger partial charge in [-0.3, -0.25) is 14.2 Å². The van der Waals surface area contributed by atoms with Crippen molar-refractivity contribution in [2.45, 2.75) is 35.9 Å². The molecule has 0 amide bonds. The summed E-state index contributed by atoms with van der Waals surface area (Å²) in [6, 6.07) is 8.77. The third kappa shape index (κ3) is 5.20. The van der Waals surface area contributed by atoms with E-state index in [9.17, 15) is 31.9 Å². The van der Waals surface area contributed by atoms with Crippen molar-refractivity contribution < 1.29 is 27.1 Å². The Bertz CT molecular complexity index is 1380. The van der Waals surface area contributed by atoms with Crippen LogP contribution in [0.3, 0.4) is 0 Å². The van der Waals surface area contributed by atoms with E-state index in [1.54, 1.807) is 31.2 Å². The number of Topliss-reactive ketones (excluding diaryl/α,β-unsaturated/α-hetero) is 1. The maximum Gasteiger partial charge on any atom is 0.431 e. The van der Waals surface area contributed by atoms with Crippen molar-refractivity contribution in [2.75, 3.05) is 0 Å². The van der Waals surface area contributed by atoms with Gasteiger partial charge < -0.3 is 4.74 Å². The molecule has 0 aliphatic heterocycles. The maximum absolute atomic E-state index is 14.7. The van der Waals surface area contributed by atoms with Crippen molar-refractivity contribution in [2.24, 2.45) is 7.05 Å². The number of nitrogens with zero attached hydrogens (tertiary/aromatic N) is 2. The average molecular weight is 517 g/mol. The highest BCUT2D eigenvalue weighted by Gasteiger charge is 2.35. The number of hydrogen-bond acceptors (Lipinski definition) is 5. The summed E-state index contributed by atoms with van der Waals surface area (Å²) in [4.78, 5) is 37.2. The molecule has 0 radical (unpaired) electrons. The molecular formula is C22H17ClF4N2O4S. The molecule has 0 bridgehead atoms. The van der Waals surface area contributed by atoms with E-state index in [4.69, 9.17) is 16.3 Å². The topological polar surface area (TPSA) is 70.3 Å². The van der Waals surface area contributed by atoms with E-state index in [1.165, 1.54) is 6.92 Å². The monoisotopic (exact) mass is 516 g/mol. The predicted octanol–water partition coefficient (Wildman–Crippen LogP) is 4.86. The van der Waals surface area contributed by atoms with Crippen molar-refractivity contribution in [1.82, 2.24) is 9.13 Å². The van der Waals surface area contributed by atoms with Crippen LogP contribution in [0.1, 0.15) is 19.5 Å². The Morgan fingerprint density at radius 3 is 2.38 bits per heavy atom. The van der Waals surface area contributed by atoms with E-state index in [0.717, 1.165) is 30.9 Å². The summed E-state index contributed by atoms with van der Waals surface area (Å²) in [7, 11) is 0.828. The Balaban J connectivity index is 2.12. The fourth-order valence-corrected chi connectivity index (χ4v) is 4.10. The lowest BCUT2D eigenvalue weighted by Crippen LogP contribution is -2.41. The fourth-order valence-electron chi connectivity index (χ4n) is 2.91. The van der Waals surface area contributed by atoms with Crippen LogP contribution in [0, 0.1) is 5.82 Å². The van der Waals surface area contributed by atoms with Crippen molar-refractivity contribution in [3.8, 4) is 11.4 Å². The Labute approximate surface area is 199 Å². The zero-order chi connectivity index (χ0) is 25.4. The van der Waals surface area contributed by atoms with E-state index >= 15 is 0 Å². The molecule has 0 saturated carbocycles. The Kier molecular flexibility index (Phi) is 7.27. The first-order valence-electron chi connectivity index (χ1n) is 9.65. The van der Waals surface area contributed by atoms with Crippen LogP contribution in [-0.2, 0) is 18.0 Å². The first-order valence-corrected chi connectivity index (χ1v) is 10.8. The molecule has 2 aromatic carbocycles. The minimum Gasteiger partial charge on any atom is -0.482 e. The molecular weight excluding hydrogens is 500 g/mol. The van der Waals surface area contributed by atoms with Crippen molar-refractivity contribution >= 4 is 29.1 Å². The highest BCUT2D eigenvalue weighted by atomic mass is 35.5. The van der Waals surface area contributed by atoms with E-state index in [2.05, 4.69) is 0 Å². The Morgan fingerprint density at radius 2 is 1.76 bits per heavy atom. The second-order valence-corrected chi connectivity index (χ2v) is 8.69. The van der Waals surface area contributed by atoms with Crippen LogP contribution >= 0.6 is 23.4 Å². The van der Waals surface area contributed by atoms with Gasteiger partial charge in [-0.05, 0) is 38.1 Å². The number of halogens is 5. The molecule has 1 unspecified atom stereocenters. The van der Waals surface area contributed by atoms with Gasteiger partial charge in [-0.1, -0.05) is 35.5 Å². The predicted molar refractivity (Wildman–Crippen MR) is 119 cm³/mol. The number of para-hydroxylation sites is 1. The number of aromatic nitrogens is 2. The van der Waals surface area contributed by atoms with Crippen molar-refractivity contribution in [1.29, 1.82) is 0 Å². The standard InChI is InChI=1S/C22H17ClF4N2O4S/c1-11(30)12(2)33-16-6-4-5-7-17(16)34-18-9-15(14(24)8-13(18)23)29-20(31)10-19(22(25,26)27)28(3)21(29)32/h4-10,12H,1-3H3. The number of benzene rings is 2. The smallest absolute Gasteiger partial charge is 0.431 e. The molecule has 0 saturated heterocycles. The normalized spacial score (nSPS) is 12.5. The van der Waals surface area contributed by atoms with Crippen LogP contribution in [-0.4, -0.2) is 21.0 Å². The van der Waals surface area contributed by atoms with Crippen molar-refractivity contribution in [3.05, 3.63) is 79.8 Å². The lowest BCUT2D eigenvalue weighted by molar-refractivity contribution is -0.144. The van der Waals surface area contributed by atoms with Gasteiger partial charge in [0.15, 0.2) is 11.9 Å². The van der Waals surface area contributed by atoms with Gasteiger partial charge in [0, 0.05) is 18.0 Å². The first-order chi connectivity index (χ1) is 15.8. The molecule has 1 aromatic heterocycles. The Hall–Kier alpha value is -3.05. The largest absolute Gasteiger partial charge is 0.482 e. The van der Waals surface area contributed by atoms with Crippen LogP contribution in [0.2, 0.25) is 5.02 Å². The Morgan fingerprint density at radius 1 is 1.12 bits per heavy atom. The van der Waals surface area contributed by atoms with Gasteiger partial charge in [-0.2, -0.15) is 13.2 Å². The van der Waals surface area contributed by atoms with Gasteiger partial charge >= 0.3 is 11.9 Å². The van der Waals surface area contributed by atoms with Crippen LogP contribution in [0.15, 0.2) is 61.8 Å². The van der Waals surface area contributed by atoms with Gasteiger partial charge in [0.2, 0.25) is 0 Å². The average Bonchev–Trinajstić information content (AvgIpc) is 2.74. The molecule has 0 aliphatic rings. The lowest BCUT2D eigenvalue weighted by atomic mass is 10.3. The minimum absolute atomic E-state index is 0.0718. The SMILES string of the molecule is CC(=O)C(C)Oc1ccccc1Sc1cc(-n2c(=O)cc(C(F)(F)F)n(C)c2=O)c(F)cc1Cl. The molecule has 3 rings (SSSR count). The zero-order valence-electron chi connectivity index (χ0n) is 17.9. The second-order valence-electron chi connectivity index (χ2n) is 7.20. The first kappa shape index (κ1) is 25.6. The van der Waals surface area contributed by atoms with Gasteiger partial charge in [0.25, 0.3) is 5.56 Å². The number of alkyl halides is 3. The summed E-state index contributed by atoms with van der Waals surface area (Å²) in [5, 5.41) is -0.0718. The number of hydrogen-bond donors (Lipinski definition) is 0. The third-order valence-corrected chi connectivity index (χ3v) is 6.34. The van der Waals surface area contributed by atoms with E-state index < -0.39 is 40.7 Å². The van der Waals surface area contributed by atoms with Crippen molar-refractivity contribution in [3.63, 3.8) is 0 Å². The number of rotatable bonds is 6. The molecule has 1 atom stereocenters. The van der Waals surface area contributed by atoms with Crippen LogP contribution in [0.25, 0.3) is 5.69 Å². The molecule has 1 heterocycles. The fraction of sp³-hybridized carbons (Fsp3) is 0.227. The number of carbonyl (C=O) groups is 1. The molecule has 3 aromatic rings. The molecule has 34 heavy (non-hydrogen) atoms. The molecule has 0 spiro atoms. The summed E-state index contributed by atoms with van der Waals surface area (Å²) >= 11 is 7.16. The van der Waals surface area contributed by atoms with Crippen LogP contribution in [0.5, 0.6) is 5.75 Å². The van der Waals surface area contributed by atoms with Gasteiger partial charge in [-0.15, -0.1) is 0 Å². The number of ketones is 1. The van der Waals surface area contributed by atoms with E-state index in [1.807, 2.05) is 0 Å². The zero-order valence-corrected chi connectivity index (χ0v) is 19.5.